The van der Waals surface area contributed by atoms with E-state index < -0.39 is 0 Å². The van der Waals surface area contributed by atoms with Gasteiger partial charge in [-0.25, -0.2) is 10.1 Å². The van der Waals surface area contributed by atoms with Crippen LogP contribution in [0.5, 0.6) is 5.75 Å². The number of hydrogen-bond donors (Lipinski definition) is 1. The topological polar surface area (TPSA) is 74.5 Å². The number of hydrogen-bond acceptors (Lipinski definition) is 5. The second-order valence-electron chi connectivity index (χ2n) is 6.15. The van der Waals surface area contributed by atoms with E-state index in [0.717, 1.165) is 26.9 Å². The average molecular weight is 403 g/mol. The van der Waals surface area contributed by atoms with Crippen molar-refractivity contribution in [1.29, 1.82) is 0 Å². The van der Waals surface area contributed by atoms with Crippen molar-refractivity contribution in [2.24, 2.45) is 9.98 Å². The molecule has 1 amide bonds. The zero-order valence-electron chi connectivity index (χ0n) is 15.5. The molecule has 6 nitrogen and oxygen atoms in total. The lowest BCUT2D eigenvalue weighted by Gasteiger charge is -2.12. The minimum Gasteiger partial charge on any atom is -0.497 e. The summed E-state index contributed by atoms with van der Waals surface area (Å²) in [6.07, 6.45) is 6.64. The number of rotatable bonds is 3. The number of amidine groups is 1. The van der Waals surface area contributed by atoms with E-state index in [9.17, 15) is 10.0 Å². The Morgan fingerprint density at radius 2 is 1.76 bits per heavy atom. The van der Waals surface area contributed by atoms with E-state index in [1.54, 1.807) is 55.9 Å². The second kappa shape index (κ2) is 8.30. The smallest absolute Gasteiger partial charge is 0.279 e. The van der Waals surface area contributed by atoms with Crippen LogP contribution in [-0.4, -0.2) is 34.2 Å². The predicted octanol–water partition coefficient (Wildman–Crippen LogP) is 4.41. The summed E-state index contributed by atoms with van der Waals surface area (Å²) in [6.45, 7) is 0. The van der Waals surface area contributed by atoms with Crippen LogP contribution in [-0.2, 0) is 0 Å². The van der Waals surface area contributed by atoms with Crippen molar-refractivity contribution in [3.8, 4) is 5.75 Å². The van der Waals surface area contributed by atoms with Crippen molar-refractivity contribution in [2.45, 2.75) is 0 Å². The van der Waals surface area contributed by atoms with E-state index in [1.807, 2.05) is 30.3 Å². The molecule has 1 N–H and O–H groups in total. The molecule has 29 heavy (non-hydrogen) atoms. The first-order valence-corrected chi connectivity index (χ1v) is 9.63. The van der Waals surface area contributed by atoms with Gasteiger partial charge in [0.05, 0.1) is 12.8 Å². The largest absolute Gasteiger partial charge is 0.497 e. The minimum atomic E-state index is -0.339. The molecule has 0 spiro atoms. The Labute approximate surface area is 172 Å². The van der Waals surface area contributed by atoms with Crippen molar-refractivity contribution in [3.05, 3.63) is 101 Å². The quantitative estimate of drug-likeness (QED) is 0.821. The van der Waals surface area contributed by atoms with Gasteiger partial charge in [-0.3, -0.25) is 10.0 Å². The molecular weight excluding hydrogens is 386 g/mol. The fourth-order valence-corrected chi connectivity index (χ4v) is 3.76. The first-order chi connectivity index (χ1) is 14.1. The molecular formula is C22H17N3O3S. The summed E-state index contributed by atoms with van der Waals surface area (Å²) in [5.74, 6) is 0.407. The maximum atomic E-state index is 12.5. The Hall–Kier alpha value is -3.42. The van der Waals surface area contributed by atoms with E-state index in [2.05, 4.69) is 9.98 Å². The molecule has 2 heterocycles. The maximum absolute atomic E-state index is 12.5. The highest BCUT2D eigenvalue weighted by Crippen LogP contribution is 2.35. The van der Waals surface area contributed by atoms with Gasteiger partial charge in [0.2, 0.25) is 0 Å². The molecule has 0 unspecified atom stereocenters. The van der Waals surface area contributed by atoms with Crippen molar-refractivity contribution in [2.75, 3.05) is 7.11 Å². The third-order valence-corrected chi connectivity index (χ3v) is 5.27. The number of nitrogens with zero attached hydrogens (tertiary/aromatic N) is 3. The van der Waals surface area contributed by atoms with E-state index in [-0.39, 0.29) is 5.91 Å². The third-order valence-electron chi connectivity index (χ3n) is 4.27. The maximum Gasteiger partial charge on any atom is 0.279 e. The fraction of sp³-hybridized carbons (Fsp3) is 0.0455. The summed E-state index contributed by atoms with van der Waals surface area (Å²) in [5, 5.41) is 10.9. The van der Waals surface area contributed by atoms with Gasteiger partial charge >= 0.3 is 0 Å². The highest BCUT2D eigenvalue weighted by molar-refractivity contribution is 8.18. The molecule has 0 fully saturated rings. The zero-order valence-corrected chi connectivity index (χ0v) is 16.3. The molecule has 0 saturated heterocycles. The molecule has 2 aliphatic heterocycles. The van der Waals surface area contributed by atoms with Gasteiger partial charge in [-0.1, -0.05) is 18.2 Å². The van der Waals surface area contributed by atoms with Crippen molar-refractivity contribution >= 4 is 28.5 Å². The van der Waals surface area contributed by atoms with Crippen molar-refractivity contribution in [1.82, 2.24) is 5.06 Å². The van der Waals surface area contributed by atoms with E-state index in [4.69, 9.17) is 4.74 Å². The fourth-order valence-electron chi connectivity index (χ4n) is 2.80. The summed E-state index contributed by atoms with van der Waals surface area (Å²) in [5.41, 5.74) is 2.97. The molecule has 2 aromatic carbocycles. The predicted molar refractivity (Wildman–Crippen MR) is 114 cm³/mol. The molecule has 4 rings (SSSR count). The highest BCUT2D eigenvalue weighted by Gasteiger charge is 2.25. The summed E-state index contributed by atoms with van der Waals surface area (Å²) in [7, 11) is 1.61. The van der Waals surface area contributed by atoms with Gasteiger partial charge in [0.15, 0.2) is 5.17 Å². The second-order valence-corrected chi connectivity index (χ2v) is 7.13. The Bertz CT molecular complexity index is 1070. The number of aliphatic imine (C=N–C) groups is 2. The molecule has 2 aromatic rings. The molecule has 0 bridgehead atoms. The normalized spacial score (nSPS) is 17.1. The number of carbonyl (C=O) groups is 1. The van der Waals surface area contributed by atoms with E-state index in [1.165, 1.54) is 11.8 Å². The standard InChI is InChI=1S/C22H17N3O3S/c1-28-18-9-7-15(8-10-18)19-20(16-11-13-25(27)14-12-16)29-22(23-19)24-21(26)17-5-3-2-4-6-17/h2-14,27H,1H3. The van der Waals surface area contributed by atoms with Gasteiger partial charge < -0.3 is 4.74 Å². The van der Waals surface area contributed by atoms with Gasteiger partial charge in [0.1, 0.15) is 5.75 Å². The lowest BCUT2D eigenvalue weighted by molar-refractivity contribution is 0.0105. The highest BCUT2D eigenvalue weighted by atomic mass is 32.2. The number of benzene rings is 2. The number of carbonyl (C=O) groups excluding carboxylic acids is 1. The van der Waals surface area contributed by atoms with Crippen LogP contribution in [0.15, 0.2) is 99.6 Å². The van der Waals surface area contributed by atoms with Crippen molar-refractivity contribution in [3.63, 3.8) is 0 Å². The number of ether oxygens (including phenoxy) is 1. The lowest BCUT2D eigenvalue weighted by atomic mass is 10.1. The zero-order chi connectivity index (χ0) is 20.2. The van der Waals surface area contributed by atoms with Crippen molar-refractivity contribution < 1.29 is 14.7 Å². The van der Waals surface area contributed by atoms with Crippen LogP contribution in [0.1, 0.15) is 15.9 Å². The van der Waals surface area contributed by atoms with Crippen LogP contribution < -0.4 is 4.74 Å². The summed E-state index contributed by atoms with van der Waals surface area (Å²) in [6, 6.07) is 16.4. The monoisotopic (exact) mass is 403 g/mol. The summed E-state index contributed by atoms with van der Waals surface area (Å²) >= 11 is 1.33. The van der Waals surface area contributed by atoms with Crippen LogP contribution in [0.4, 0.5) is 0 Å². The van der Waals surface area contributed by atoms with Crippen LogP contribution in [0, 0.1) is 0 Å². The molecule has 144 valence electrons. The minimum absolute atomic E-state index is 0.339. The average Bonchev–Trinajstić information content (AvgIpc) is 3.18. The molecule has 0 saturated carbocycles. The first kappa shape index (κ1) is 18.9. The number of allylic oxidation sites excluding steroid dienone is 4. The van der Waals surface area contributed by atoms with Gasteiger partial charge in [0, 0.05) is 28.4 Å². The van der Waals surface area contributed by atoms with E-state index in [0.29, 0.717) is 16.4 Å². The molecule has 7 heteroatoms. The van der Waals surface area contributed by atoms with E-state index >= 15 is 0 Å². The molecule has 0 aliphatic carbocycles. The summed E-state index contributed by atoms with van der Waals surface area (Å²) < 4.78 is 5.23. The van der Waals surface area contributed by atoms with Gasteiger partial charge in [-0.15, -0.1) is 0 Å². The van der Waals surface area contributed by atoms with Gasteiger partial charge in [0.25, 0.3) is 5.91 Å². The summed E-state index contributed by atoms with van der Waals surface area (Å²) in [4.78, 5) is 22.2. The van der Waals surface area contributed by atoms with Crippen LogP contribution in [0.3, 0.4) is 0 Å². The molecule has 0 radical (unpaired) electrons. The van der Waals surface area contributed by atoms with Crippen LogP contribution >= 0.6 is 11.8 Å². The number of thioether (sulfide) groups is 1. The lowest BCUT2D eigenvalue weighted by Crippen LogP contribution is -2.07. The van der Waals surface area contributed by atoms with Crippen LogP contribution in [0.2, 0.25) is 0 Å². The third kappa shape index (κ3) is 4.21. The van der Waals surface area contributed by atoms with Crippen LogP contribution in [0.25, 0.3) is 0 Å². The Kier molecular flexibility index (Phi) is 5.41. The van der Waals surface area contributed by atoms with Gasteiger partial charge in [-0.05, 0) is 65.9 Å². The Balaban J connectivity index is 1.74. The Morgan fingerprint density at radius 3 is 2.41 bits per heavy atom. The SMILES string of the molecule is COc1ccc(C2=NC(=NC(=O)c3ccccc3)SC2=C2C=CN(O)C=C2)cc1. The number of methoxy groups -OCH3 is 1. The number of amides is 1. The number of hydroxylamine groups is 2. The molecule has 0 aromatic heterocycles. The Morgan fingerprint density at radius 1 is 1.07 bits per heavy atom. The molecule has 0 atom stereocenters. The molecule has 2 aliphatic rings. The first-order valence-electron chi connectivity index (χ1n) is 8.81. The van der Waals surface area contributed by atoms with Gasteiger partial charge in [-0.2, -0.15) is 4.99 Å².